The molecule has 2 heterocycles. The predicted octanol–water partition coefficient (Wildman–Crippen LogP) is 2.42. The van der Waals surface area contributed by atoms with Crippen molar-refractivity contribution in [3.63, 3.8) is 0 Å². The molecule has 5 nitrogen and oxygen atoms in total. The van der Waals surface area contributed by atoms with Crippen molar-refractivity contribution < 1.29 is 0 Å². The van der Waals surface area contributed by atoms with Crippen LogP contribution in [0.4, 0.5) is 5.82 Å². The number of aromatic nitrogens is 2. The zero-order valence-electron chi connectivity index (χ0n) is 14.2. The molecular weight excluding hydrogens is 286 g/mol. The number of fused-ring (bicyclic) bond motifs is 1. The summed E-state index contributed by atoms with van der Waals surface area (Å²) in [5, 5.41) is 4.73. The largest absolute Gasteiger partial charge is 0.363 e. The number of para-hydroxylation sites is 1. The molecule has 1 aromatic heterocycles. The molecule has 0 spiro atoms. The number of nitrogens with zero attached hydrogens (tertiary/aromatic N) is 3. The number of nitrogens with one attached hydrogen (secondary N) is 1. The van der Waals surface area contributed by atoms with E-state index in [-0.39, 0.29) is 5.54 Å². The van der Waals surface area contributed by atoms with Crippen molar-refractivity contribution in [3.05, 3.63) is 30.1 Å². The van der Waals surface area contributed by atoms with Gasteiger partial charge in [-0.1, -0.05) is 12.1 Å². The first-order valence-electron chi connectivity index (χ1n) is 8.54. The summed E-state index contributed by atoms with van der Waals surface area (Å²) in [7, 11) is 0. The van der Waals surface area contributed by atoms with Gasteiger partial charge in [-0.15, -0.1) is 0 Å². The van der Waals surface area contributed by atoms with Gasteiger partial charge in [-0.25, -0.2) is 9.97 Å². The molecule has 1 fully saturated rings. The van der Waals surface area contributed by atoms with Gasteiger partial charge in [0.25, 0.3) is 0 Å². The first-order valence-corrected chi connectivity index (χ1v) is 8.54. The number of likely N-dealkylation sites (tertiary alicyclic amines) is 1. The monoisotopic (exact) mass is 313 g/mol. The van der Waals surface area contributed by atoms with Crippen LogP contribution in [0.5, 0.6) is 0 Å². The van der Waals surface area contributed by atoms with Crippen LogP contribution in [0.1, 0.15) is 32.5 Å². The van der Waals surface area contributed by atoms with E-state index in [0.29, 0.717) is 13.0 Å². The van der Waals surface area contributed by atoms with Crippen molar-refractivity contribution in [2.45, 2.75) is 38.6 Å². The molecule has 1 saturated heterocycles. The number of hydrogen-bond donors (Lipinski definition) is 2. The standard InChI is InChI=1S/C18H27N5/c1-18(2,13-23-11-5-6-12-23)22-17-14-7-3-4-8-15(14)20-16(21-17)9-10-19/h3-4,7-8H,5-6,9-13,19H2,1-2H3,(H,20,21,22). The molecule has 1 aliphatic rings. The molecule has 3 N–H and O–H groups in total. The summed E-state index contributed by atoms with van der Waals surface area (Å²) in [4.78, 5) is 11.9. The number of benzene rings is 1. The van der Waals surface area contributed by atoms with Gasteiger partial charge in [-0.05, 0) is 58.5 Å². The Bertz CT molecular complexity index is 662. The van der Waals surface area contributed by atoms with Gasteiger partial charge in [0.15, 0.2) is 0 Å². The summed E-state index contributed by atoms with van der Waals surface area (Å²) in [5.74, 6) is 1.73. The molecule has 124 valence electrons. The van der Waals surface area contributed by atoms with Crippen molar-refractivity contribution in [1.82, 2.24) is 14.9 Å². The molecule has 0 bridgehead atoms. The van der Waals surface area contributed by atoms with Crippen LogP contribution in [-0.4, -0.2) is 46.6 Å². The van der Waals surface area contributed by atoms with Crippen molar-refractivity contribution in [2.24, 2.45) is 5.73 Å². The van der Waals surface area contributed by atoms with Gasteiger partial charge in [-0.3, -0.25) is 0 Å². The Hall–Kier alpha value is -1.72. The molecule has 1 aliphatic heterocycles. The number of nitrogens with two attached hydrogens (primary N) is 1. The summed E-state index contributed by atoms with van der Waals surface area (Å²) in [6.07, 6.45) is 3.33. The topological polar surface area (TPSA) is 67.1 Å². The van der Waals surface area contributed by atoms with Gasteiger partial charge in [-0.2, -0.15) is 0 Å². The SMILES string of the molecule is CC(C)(CN1CCCC1)Nc1nc(CCN)nc2ccccc12. The highest BCUT2D eigenvalue weighted by Crippen LogP contribution is 2.24. The molecule has 0 atom stereocenters. The van der Waals surface area contributed by atoms with Crippen LogP contribution in [0.2, 0.25) is 0 Å². The van der Waals surface area contributed by atoms with E-state index in [0.717, 1.165) is 29.1 Å². The first kappa shape index (κ1) is 16.1. The molecule has 0 unspecified atom stereocenters. The minimum Gasteiger partial charge on any atom is -0.363 e. The Morgan fingerprint density at radius 1 is 1.17 bits per heavy atom. The number of rotatable bonds is 6. The van der Waals surface area contributed by atoms with E-state index >= 15 is 0 Å². The second-order valence-corrected chi connectivity index (χ2v) is 7.04. The van der Waals surface area contributed by atoms with Crippen LogP contribution in [-0.2, 0) is 6.42 Å². The van der Waals surface area contributed by atoms with E-state index in [4.69, 9.17) is 10.7 Å². The van der Waals surface area contributed by atoms with E-state index in [2.05, 4.69) is 35.1 Å². The summed E-state index contributed by atoms with van der Waals surface area (Å²) < 4.78 is 0. The van der Waals surface area contributed by atoms with Crippen molar-refractivity contribution in [3.8, 4) is 0 Å². The zero-order valence-corrected chi connectivity index (χ0v) is 14.2. The van der Waals surface area contributed by atoms with E-state index in [9.17, 15) is 0 Å². The third-order valence-corrected chi connectivity index (χ3v) is 4.29. The molecule has 0 radical (unpaired) electrons. The van der Waals surface area contributed by atoms with E-state index in [1.807, 2.05) is 18.2 Å². The highest BCUT2D eigenvalue weighted by molar-refractivity contribution is 5.89. The second-order valence-electron chi connectivity index (χ2n) is 7.04. The van der Waals surface area contributed by atoms with Gasteiger partial charge in [0, 0.05) is 23.9 Å². The fourth-order valence-corrected chi connectivity index (χ4v) is 3.32. The Balaban J connectivity index is 1.87. The Labute approximate surface area is 138 Å². The average molecular weight is 313 g/mol. The summed E-state index contributed by atoms with van der Waals surface area (Å²) in [6.45, 7) is 8.48. The molecule has 0 amide bonds. The molecular formula is C18H27N5. The number of anilines is 1. The minimum absolute atomic E-state index is 0.0402. The smallest absolute Gasteiger partial charge is 0.138 e. The first-order chi connectivity index (χ1) is 11.1. The molecule has 2 aromatic rings. The van der Waals surface area contributed by atoms with Gasteiger partial charge < -0.3 is 16.0 Å². The Morgan fingerprint density at radius 3 is 2.65 bits per heavy atom. The minimum atomic E-state index is -0.0402. The lowest BCUT2D eigenvalue weighted by Crippen LogP contribution is -2.43. The van der Waals surface area contributed by atoms with Gasteiger partial charge in [0.05, 0.1) is 5.52 Å². The van der Waals surface area contributed by atoms with Crippen LogP contribution in [0.3, 0.4) is 0 Å². The van der Waals surface area contributed by atoms with E-state index < -0.39 is 0 Å². The quantitative estimate of drug-likeness (QED) is 0.857. The summed E-state index contributed by atoms with van der Waals surface area (Å²) >= 11 is 0. The van der Waals surface area contributed by atoms with E-state index in [1.165, 1.54) is 25.9 Å². The van der Waals surface area contributed by atoms with Crippen LogP contribution in [0.25, 0.3) is 10.9 Å². The molecule has 3 rings (SSSR count). The van der Waals surface area contributed by atoms with Crippen LogP contribution in [0.15, 0.2) is 24.3 Å². The lowest BCUT2D eigenvalue weighted by molar-refractivity contribution is 0.284. The van der Waals surface area contributed by atoms with Crippen molar-refractivity contribution >= 4 is 16.7 Å². The van der Waals surface area contributed by atoms with Crippen molar-refractivity contribution in [2.75, 3.05) is 31.5 Å². The van der Waals surface area contributed by atoms with Gasteiger partial charge in [0.1, 0.15) is 11.6 Å². The third-order valence-electron chi connectivity index (χ3n) is 4.29. The molecule has 0 saturated carbocycles. The van der Waals surface area contributed by atoms with Gasteiger partial charge in [0.2, 0.25) is 0 Å². The van der Waals surface area contributed by atoms with E-state index in [1.54, 1.807) is 0 Å². The maximum Gasteiger partial charge on any atom is 0.138 e. The lowest BCUT2D eigenvalue weighted by atomic mass is 10.0. The Morgan fingerprint density at radius 2 is 1.91 bits per heavy atom. The summed E-state index contributed by atoms with van der Waals surface area (Å²) in [5.41, 5.74) is 6.62. The third kappa shape index (κ3) is 3.98. The molecule has 23 heavy (non-hydrogen) atoms. The maximum atomic E-state index is 5.68. The van der Waals surface area contributed by atoms with Gasteiger partial charge >= 0.3 is 0 Å². The summed E-state index contributed by atoms with van der Waals surface area (Å²) in [6, 6.07) is 8.17. The molecule has 1 aromatic carbocycles. The highest BCUT2D eigenvalue weighted by atomic mass is 15.2. The fraction of sp³-hybridized carbons (Fsp3) is 0.556. The fourth-order valence-electron chi connectivity index (χ4n) is 3.32. The van der Waals surface area contributed by atoms with Crippen LogP contribution < -0.4 is 11.1 Å². The Kier molecular flexibility index (Phi) is 4.78. The van der Waals surface area contributed by atoms with Crippen LogP contribution >= 0.6 is 0 Å². The molecule has 0 aliphatic carbocycles. The maximum absolute atomic E-state index is 5.68. The predicted molar refractivity (Wildman–Crippen MR) is 95.7 cm³/mol. The lowest BCUT2D eigenvalue weighted by Gasteiger charge is -2.32. The number of hydrogen-bond acceptors (Lipinski definition) is 5. The highest BCUT2D eigenvalue weighted by Gasteiger charge is 2.25. The van der Waals surface area contributed by atoms with Crippen LogP contribution in [0, 0.1) is 0 Å². The second kappa shape index (κ2) is 6.81. The van der Waals surface area contributed by atoms with Crippen molar-refractivity contribution in [1.29, 1.82) is 0 Å². The average Bonchev–Trinajstić information content (AvgIpc) is 2.99. The zero-order chi connectivity index (χ0) is 16.3. The normalized spacial score (nSPS) is 16.1. The molecule has 5 heteroatoms.